The topological polar surface area (TPSA) is 32.3 Å². The van der Waals surface area contributed by atoms with Crippen molar-refractivity contribution in [2.45, 2.75) is 26.9 Å². The van der Waals surface area contributed by atoms with E-state index < -0.39 is 0 Å². The lowest BCUT2D eigenvalue weighted by Gasteiger charge is -2.11. The fourth-order valence-electron chi connectivity index (χ4n) is 1.31. The summed E-state index contributed by atoms with van der Waals surface area (Å²) in [7, 11) is 0. The average Bonchev–Trinajstić information content (AvgIpc) is 2.10. The van der Waals surface area contributed by atoms with Crippen LogP contribution >= 0.6 is 15.9 Å². The smallest absolute Gasteiger partial charge is 0.0684 e. The van der Waals surface area contributed by atoms with Crippen molar-refractivity contribution < 1.29 is 5.11 Å². The molecule has 1 rings (SSSR count). The molecule has 0 heterocycles. The van der Waals surface area contributed by atoms with E-state index in [4.69, 9.17) is 5.11 Å². The van der Waals surface area contributed by atoms with Gasteiger partial charge in [-0.25, -0.2) is 0 Å². The quantitative estimate of drug-likeness (QED) is 0.873. The van der Waals surface area contributed by atoms with Gasteiger partial charge in [-0.05, 0) is 44.0 Å². The van der Waals surface area contributed by atoms with E-state index >= 15 is 0 Å². The summed E-state index contributed by atoms with van der Waals surface area (Å²) < 4.78 is 1.15. The summed E-state index contributed by atoms with van der Waals surface area (Å²) in [5.41, 5.74) is 3.47. The second-order valence-corrected chi connectivity index (χ2v) is 4.45. The van der Waals surface area contributed by atoms with Gasteiger partial charge in [-0.15, -0.1) is 0 Å². The first-order chi connectivity index (χ1) is 6.50. The van der Waals surface area contributed by atoms with Crippen LogP contribution in [-0.4, -0.2) is 17.8 Å². The summed E-state index contributed by atoms with van der Waals surface area (Å²) in [6.45, 7) is 6.47. The van der Waals surface area contributed by atoms with Crippen molar-refractivity contribution in [1.82, 2.24) is 0 Å². The number of aliphatic hydroxyl groups is 1. The Morgan fingerprint density at radius 1 is 1.36 bits per heavy atom. The van der Waals surface area contributed by atoms with E-state index in [0.29, 0.717) is 6.54 Å². The first-order valence-electron chi connectivity index (χ1n) is 4.69. The van der Waals surface area contributed by atoms with Crippen LogP contribution in [0.1, 0.15) is 18.1 Å². The third kappa shape index (κ3) is 3.00. The lowest BCUT2D eigenvalue weighted by atomic mass is 10.1. The maximum Gasteiger partial charge on any atom is 0.0684 e. The van der Waals surface area contributed by atoms with E-state index in [0.717, 1.165) is 10.2 Å². The molecule has 1 aromatic rings. The lowest BCUT2D eigenvalue weighted by Crippen LogP contribution is -2.15. The zero-order valence-electron chi connectivity index (χ0n) is 8.76. The monoisotopic (exact) mass is 257 g/mol. The van der Waals surface area contributed by atoms with Gasteiger partial charge in [0.15, 0.2) is 0 Å². The van der Waals surface area contributed by atoms with Gasteiger partial charge in [-0.3, -0.25) is 0 Å². The van der Waals surface area contributed by atoms with Crippen molar-refractivity contribution in [3.05, 3.63) is 27.7 Å². The second-order valence-electron chi connectivity index (χ2n) is 3.65. The van der Waals surface area contributed by atoms with E-state index in [1.54, 1.807) is 6.92 Å². The van der Waals surface area contributed by atoms with Crippen molar-refractivity contribution in [1.29, 1.82) is 0 Å². The molecule has 78 valence electrons. The van der Waals surface area contributed by atoms with Gasteiger partial charge in [0, 0.05) is 16.7 Å². The molecule has 0 spiro atoms. The molecule has 0 saturated carbocycles. The molecule has 0 saturated heterocycles. The summed E-state index contributed by atoms with van der Waals surface area (Å²) in [6, 6.07) is 4.14. The van der Waals surface area contributed by atoms with Crippen molar-refractivity contribution in [3.63, 3.8) is 0 Å². The van der Waals surface area contributed by atoms with Crippen LogP contribution in [0.15, 0.2) is 16.6 Å². The molecule has 14 heavy (non-hydrogen) atoms. The van der Waals surface area contributed by atoms with Gasteiger partial charge in [0.2, 0.25) is 0 Å². The fraction of sp³-hybridized carbons (Fsp3) is 0.455. The number of benzene rings is 1. The second kappa shape index (κ2) is 4.80. The van der Waals surface area contributed by atoms with Crippen LogP contribution in [-0.2, 0) is 0 Å². The van der Waals surface area contributed by atoms with Gasteiger partial charge in [-0.2, -0.15) is 0 Å². The Hall–Kier alpha value is -0.540. The minimum Gasteiger partial charge on any atom is -0.392 e. The summed E-state index contributed by atoms with van der Waals surface area (Å²) >= 11 is 3.52. The predicted molar refractivity (Wildman–Crippen MR) is 63.8 cm³/mol. The van der Waals surface area contributed by atoms with Crippen LogP contribution in [0, 0.1) is 13.8 Å². The van der Waals surface area contributed by atoms with Crippen molar-refractivity contribution in [2.24, 2.45) is 0 Å². The third-order valence-electron chi connectivity index (χ3n) is 2.04. The molecular weight excluding hydrogens is 242 g/mol. The standard InChI is InChI=1S/C11H16BrNO/c1-7-4-10(13-6-9(3)14)5-8(2)11(7)12/h4-5,9,13-14H,6H2,1-3H3. The van der Waals surface area contributed by atoms with Crippen molar-refractivity contribution in [3.8, 4) is 0 Å². The Morgan fingerprint density at radius 2 is 1.86 bits per heavy atom. The largest absolute Gasteiger partial charge is 0.392 e. The van der Waals surface area contributed by atoms with Crippen molar-refractivity contribution in [2.75, 3.05) is 11.9 Å². The highest BCUT2D eigenvalue weighted by molar-refractivity contribution is 9.10. The van der Waals surface area contributed by atoms with Gasteiger partial charge in [0.05, 0.1) is 6.10 Å². The number of halogens is 1. The number of anilines is 1. The SMILES string of the molecule is Cc1cc(NCC(C)O)cc(C)c1Br. The Bertz CT molecular complexity index is 300. The zero-order valence-corrected chi connectivity index (χ0v) is 10.4. The Labute approximate surface area is 93.5 Å². The Balaban J connectivity index is 2.79. The number of aliphatic hydroxyl groups excluding tert-OH is 1. The van der Waals surface area contributed by atoms with Gasteiger partial charge in [0.25, 0.3) is 0 Å². The van der Waals surface area contributed by atoms with Crippen LogP contribution in [0.2, 0.25) is 0 Å². The van der Waals surface area contributed by atoms with Gasteiger partial charge < -0.3 is 10.4 Å². The molecule has 2 nitrogen and oxygen atoms in total. The minimum absolute atomic E-state index is 0.320. The van der Waals surface area contributed by atoms with Gasteiger partial charge in [-0.1, -0.05) is 15.9 Å². The predicted octanol–water partition coefficient (Wildman–Crippen LogP) is 2.86. The fourth-order valence-corrected chi connectivity index (χ4v) is 1.54. The van der Waals surface area contributed by atoms with Crippen LogP contribution in [0.4, 0.5) is 5.69 Å². The van der Waals surface area contributed by atoms with E-state index in [-0.39, 0.29) is 6.10 Å². The van der Waals surface area contributed by atoms with E-state index in [9.17, 15) is 0 Å². The van der Waals surface area contributed by atoms with E-state index in [1.165, 1.54) is 11.1 Å². The first-order valence-corrected chi connectivity index (χ1v) is 5.48. The summed E-state index contributed by atoms with van der Waals surface area (Å²) in [5, 5.41) is 12.3. The van der Waals surface area contributed by atoms with Crippen LogP contribution < -0.4 is 5.32 Å². The summed E-state index contributed by atoms with van der Waals surface area (Å²) in [5.74, 6) is 0. The summed E-state index contributed by atoms with van der Waals surface area (Å²) in [4.78, 5) is 0. The molecule has 1 aromatic carbocycles. The molecule has 0 bridgehead atoms. The summed E-state index contributed by atoms with van der Waals surface area (Å²) in [6.07, 6.45) is -0.320. The average molecular weight is 258 g/mol. The number of hydrogen-bond acceptors (Lipinski definition) is 2. The Morgan fingerprint density at radius 3 is 2.29 bits per heavy atom. The number of hydrogen-bond donors (Lipinski definition) is 2. The maximum atomic E-state index is 9.14. The molecular formula is C11H16BrNO. The minimum atomic E-state index is -0.320. The van der Waals surface area contributed by atoms with E-state index in [2.05, 4.69) is 47.2 Å². The van der Waals surface area contributed by atoms with Crippen LogP contribution in [0.3, 0.4) is 0 Å². The molecule has 1 unspecified atom stereocenters. The third-order valence-corrected chi connectivity index (χ3v) is 3.29. The van der Waals surface area contributed by atoms with Crippen molar-refractivity contribution >= 4 is 21.6 Å². The lowest BCUT2D eigenvalue weighted by molar-refractivity contribution is 0.208. The highest BCUT2D eigenvalue weighted by atomic mass is 79.9. The van der Waals surface area contributed by atoms with Crippen LogP contribution in [0.5, 0.6) is 0 Å². The Kier molecular flexibility index (Phi) is 3.96. The maximum absolute atomic E-state index is 9.14. The van der Waals surface area contributed by atoms with Crippen LogP contribution in [0.25, 0.3) is 0 Å². The number of rotatable bonds is 3. The van der Waals surface area contributed by atoms with Gasteiger partial charge in [0.1, 0.15) is 0 Å². The normalized spacial score (nSPS) is 12.6. The molecule has 0 aliphatic heterocycles. The molecule has 0 aliphatic carbocycles. The molecule has 0 aromatic heterocycles. The van der Waals surface area contributed by atoms with E-state index in [1.807, 2.05) is 0 Å². The molecule has 0 amide bonds. The molecule has 2 N–H and O–H groups in total. The molecule has 0 aliphatic rings. The molecule has 1 atom stereocenters. The van der Waals surface area contributed by atoms with Gasteiger partial charge >= 0.3 is 0 Å². The highest BCUT2D eigenvalue weighted by Gasteiger charge is 2.02. The first kappa shape index (κ1) is 11.5. The number of nitrogens with one attached hydrogen (secondary N) is 1. The number of aryl methyl sites for hydroxylation is 2. The molecule has 0 fully saturated rings. The molecule has 3 heteroatoms. The highest BCUT2D eigenvalue weighted by Crippen LogP contribution is 2.24. The zero-order chi connectivity index (χ0) is 10.7. The molecule has 0 radical (unpaired) electrons.